The van der Waals surface area contributed by atoms with Crippen LogP contribution in [0.1, 0.15) is 32.6 Å². The molecule has 0 aliphatic carbocycles. The van der Waals surface area contributed by atoms with Crippen molar-refractivity contribution in [3.8, 4) is 0 Å². The molecule has 0 aromatic heterocycles. The molecule has 1 saturated heterocycles. The minimum absolute atomic E-state index is 0.155. The highest BCUT2D eigenvalue weighted by atomic mass is 35.5. The number of halogens is 1. The van der Waals surface area contributed by atoms with Gasteiger partial charge in [0.25, 0.3) is 0 Å². The van der Waals surface area contributed by atoms with E-state index in [0.29, 0.717) is 5.02 Å². The molecule has 0 amide bonds. The summed E-state index contributed by atoms with van der Waals surface area (Å²) in [5, 5.41) is 3.82. The van der Waals surface area contributed by atoms with E-state index in [9.17, 15) is 4.79 Å². The van der Waals surface area contributed by atoms with Crippen molar-refractivity contribution < 1.29 is 9.53 Å². The lowest BCUT2D eigenvalue weighted by Gasteiger charge is -2.24. The molecule has 1 aliphatic heterocycles. The number of carbonyl (C=O) groups excluding carboxylic acids is 1. The van der Waals surface area contributed by atoms with Gasteiger partial charge in [-0.25, -0.2) is 4.79 Å². The van der Waals surface area contributed by atoms with Gasteiger partial charge in [-0.15, -0.1) is 0 Å². The number of carbonyl (C=O) groups is 1. The second-order valence-corrected chi connectivity index (χ2v) is 5.22. The van der Waals surface area contributed by atoms with Crippen LogP contribution in [0.15, 0.2) is 24.3 Å². The van der Waals surface area contributed by atoms with E-state index in [1.807, 2.05) is 39.0 Å². The Morgan fingerprint density at radius 3 is 2.59 bits per heavy atom. The molecule has 1 N–H and O–H groups in total. The van der Waals surface area contributed by atoms with Crippen LogP contribution in [0.4, 0.5) is 0 Å². The smallest absolute Gasteiger partial charge is 0.328 e. The van der Waals surface area contributed by atoms with Gasteiger partial charge < -0.3 is 4.74 Å². The largest absolute Gasteiger partial charge is 0.441 e. The summed E-state index contributed by atoms with van der Waals surface area (Å²) in [4.78, 5) is 11.9. The van der Waals surface area contributed by atoms with Crippen molar-refractivity contribution in [1.29, 1.82) is 0 Å². The molecule has 2 unspecified atom stereocenters. The third kappa shape index (κ3) is 2.05. The monoisotopic (exact) mass is 253 g/mol. The highest BCUT2D eigenvalue weighted by Gasteiger charge is 2.47. The summed E-state index contributed by atoms with van der Waals surface area (Å²) in [5.41, 5.74) is 0.149. The maximum atomic E-state index is 11.9. The number of rotatable bonds is 2. The second kappa shape index (κ2) is 4.31. The molecule has 1 aromatic carbocycles. The summed E-state index contributed by atoms with van der Waals surface area (Å²) >= 11 is 6.09. The number of hydrogen-bond donors (Lipinski definition) is 1. The van der Waals surface area contributed by atoms with Gasteiger partial charge in [-0.05, 0) is 18.9 Å². The van der Waals surface area contributed by atoms with Gasteiger partial charge in [-0.3, -0.25) is 5.32 Å². The van der Waals surface area contributed by atoms with Gasteiger partial charge in [0.15, 0.2) is 6.23 Å². The predicted molar refractivity (Wildman–Crippen MR) is 66.7 cm³/mol. The molecule has 1 heterocycles. The Kier molecular flexibility index (Phi) is 3.15. The Balaban J connectivity index is 2.29. The maximum Gasteiger partial charge on any atom is 0.328 e. The van der Waals surface area contributed by atoms with Gasteiger partial charge in [0, 0.05) is 10.6 Å². The number of benzene rings is 1. The molecule has 2 atom stereocenters. The second-order valence-electron chi connectivity index (χ2n) is 4.81. The van der Waals surface area contributed by atoms with Crippen molar-refractivity contribution in [2.24, 2.45) is 5.92 Å². The molecule has 92 valence electrons. The van der Waals surface area contributed by atoms with Crippen molar-refractivity contribution >= 4 is 17.6 Å². The molecule has 3 nitrogen and oxygen atoms in total. The van der Waals surface area contributed by atoms with E-state index < -0.39 is 11.8 Å². The Hall–Kier alpha value is -1.06. The van der Waals surface area contributed by atoms with Crippen LogP contribution >= 0.6 is 11.6 Å². The molecule has 2 rings (SSSR count). The minimum Gasteiger partial charge on any atom is -0.441 e. The molecular formula is C13H16ClNO2. The molecule has 0 radical (unpaired) electrons. The Labute approximate surface area is 106 Å². The Bertz CT molecular complexity index is 447. The molecule has 4 heteroatoms. The highest BCUT2D eigenvalue weighted by molar-refractivity contribution is 6.31. The summed E-state index contributed by atoms with van der Waals surface area (Å²) in [7, 11) is 0. The van der Waals surface area contributed by atoms with Gasteiger partial charge in [-0.2, -0.15) is 0 Å². The molecule has 1 aromatic rings. The van der Waals surface area contributed by atoms with Gasteiger partial charge in [0.1, 0.15) is 5.54 Å². The quantitative estimate of drug-likeness (QED) is 0.824. The normalized spacial score (nSPS) is 28.5. The van der Waals surface area contributed by atoms with E-state index in [0.717, 1.165) is 5.56 Å². The molecule has 1 aliphatic rings. The Morgan fingerprint density at radius 1 is 1.41 bits per heavy atom. The number of esters is 1. The number of nitrogens with one attached hydrogen (secondary N) is 1. The molecule has 0 spiro atoms. The number of ether oxygens (including phenoxy) is 1. The molecule has 17 heavy (non-hydrogen) atoms. The van der Waals surface area contributed by atoms with Gasteiger partial charge in [0.2, 0.25) is 0 Å². The van der Waals surface area contributed by atoms with Gasteiger partial charge in [-0.1, -0.05) is 43.6 Å². The van der Waals surface area contributed by atoms with E-state index in [1.54, 1.807) is 6.07 Å². The van der Waals surface area contributed by atoms with E-state index in [-0.39, 0.29) is 11.9 Å². The van der Waals surface area contributed by atoms with E-state index >= 15 is 0 Å². The number of hydrogen-bond acceptors (Lipinski definition) is 3. The van der Waals surface area contributed by atoms with Crippen LogP contribution < -0.4 is 5.32 Å². The van der Waals surface area contributed by atoms with E-state index in [4.69, 9.17) is 16.3 Å². The van der Waals surface area contributed by atoms with Crippen molar-refractivity contribution in [3.63, 3.8) is 0 Å². The molecular weight excluding hydrogens is 238 g/mol. The first-order valence-electron chi connectivity index (χ1n) is 5.68. The fraction of sp³-hybridized carbons (Fsp3) is 0.462. The maximum absolute atomic E-state index is 11.9. The fourth-order valence-electron chi connectivity index (χ4n) is 1.82. The lowest BCUT2D eigenvalue weighted by Crippen LogP contribution is -2.47. The van der Waals surface area contributed by atoms with Crippen LogP contribution in [-0.4, -0.2) is 11.5 Å². The average Bonchev–Trinajstić information content (AvgIpc) is 2.57. The topological polar surface area (TPSA) is 38.3 Å². The lowest BCUT2D eigenvalue weighted by atomic mass is 9.89. The summed E-state index contributed by atoms with van der Waals surface area (Å²) in [6.07, 6.45) is -0.455. The molecule has 0 saturated carbocycles. The van der Waals surface area contributed by atoms with Crippen LogP contribution in [0.3, 0.4) is 0 Å². The van der Waals surface area contributed by atoms with Gasteiger partial charge >= 0.3 is 5.97 Å². The van der Waals surface area contributed by atoms with Crippen LogP contribution in [0, 0.1) is 5.92 Å². The zero-order valence-electron chi connectivity index (χ0n) is 10.2. The zero-order valence-corrected chi connectivity index (χ0v) is 10.9. The van der Waals surface area contributed by atoms with Crippen molar-refractivity contribution in [2.45, 2.75) is 32.5 Å². The molecule has 0 bridgehead atoms. The average molecular weight is 254 g/mol. The summed E-state index contributed by atoms with van der Waals surface area (Å²) in [5.74, 6) is -0.0695. The molecule has 1 fully saturated rings. The van der Waals surface area contributed by atoms with Crippen molar-refractivity contribution in [3.05, 3.63) is 34.9 Å². The zero-order chi connectivity index (χ0) is 12.6. The van der Waals surface area contributed by atoms with Crippen LogP contribution in [0.5, 0.6) is 0 Å². The third-order valence-electron chi connectivity index (χ3n) is 3.42. The summed E-state index contributed by atoms with van der Waals surface area (Å²) < 4.78 is 5.37. The minimum atomic E-state index is -0.649. The van der Waals surface area contributed by atoms with Gasteiger partial charge in [0.05, 0.1) is 0 Å². The standard InChI is InChI=1S/C13H16ClNO2/c1-8(2)13(3)12(16)17-11(15-13)9-6-4-5-7-10(9)14/h4-8,11,15H,1-3H3. The summed E-state index contributed by atoms with van der Waals surface area (Å²) in [6.45, 7) is 5.84. The van der Waals surface area contributed by atoms with Crippen LogP contribution in [-0.2, 0) is 9.53 Å². The SMILES string of the molecule is CC(C)C1(C)NC(c2ccccc2Cl)OC1=O. The highest BCUT2D eigenvalue weighted by Crippen LogP contribution is 2.34. The first-order valence-corrected chi connectivity index (χ1v) is 6.06. The van der Waals surface area contributed by atoms with Crippen molar-refractivity contribution in [2.75, 3.05) is 0 Å². The predicted octanol–water partition coefficient (Wildman–Crippen LogP) is 2.90. The summed E-state index contributed by atoms with van der Waals surface area (Å²) in [6, 6.07) is 7.38. The van der Waals surface area contributed by atoms with E-state index in [2.05, 4.69) is 5.32 Å². The lowest BCUT2D eigenvalue weighted by molar-refractivity contribution is -0.146. The first kappa shape index (κ1) is 12.4. The first-order chi connectivity index (χ1) is 7.95. The fourth-order valence-corrected chi connectivity index (χ4v) is 2.06. The van der Waals surface area contributed by atoms with Crippen molar-refractivity contribution in [1.82, 2.24) is 5.32 Å². The van der Waals surface area contributed by atoms with Crippen LogP contribution in [0.2, 0.25) is 5.02 Å². The third-order valence-corrected chi connectivity index (χ3v) is 3.77. The van der Waals surface area contributed by atoms with E-state index in [1.165, 1.54) is 0 Å². The number of cyclic esters (lactones) is 1. The Morgan fingerprint density at radius 2 is 2.06 bits per heavy atom. The van der Waals surface area contributed by atoms with Crippen LogP contribution in [0.25, 0.3) is 0 Å².